The zero-order chi connectivity index (χ0) is 14.5. The van der Waals surface area contributed by atoms with Crippen molar-refractivity contribution in [1.82, 2.24) is 0 Å². The lowest BCUT2D eigenvalue weighted by Crippen LogP contribution is -2.01. The van der Waals surface area contributed by atoms with Crippen LogP contribution in [0.15, 0.2) is 36.4 Å². The van der Waals surface area contributed by atoms with Crippen molar-refractivity contribution >= 4 is 28.9 Å². The summed E-state index contributed by atoms with van der Waals surface area (Å²) in [5.41, 5.74) is 3.28. The molecule has 0 spiro atoms. The lowest BCUT2D eigenvalue weighted by atomic mass is 10.1. The average Bonchev–Trinajstić information content (AvgIpc) is 2.43. The van der Waals surface area contributed by atoms with Gasteiger partial charge in [-0.15, -0.1) is 0 Å². The van der Waals surface area contributed by atoms with Crippen LogP contribution in [0, 0.1) is 6.92 Å². The minimum atomic E-state index is 0.610. The van der Waals surface area contributed by atoms with Crippen LogP contribution in [0.25, 0.3) is 0 Å². The van der Waals surface area contributed by atoms with Crippen LogP contribution in [0.2, 0.25) is 10.0 Å². The first kappa shape index (κ1) is 15.0. The molecule has 20 heavy (non-hydrogen) atoms. The van der Waals surface area contributed by atoms with Gasteiger partial charge in [0.2, 0.25) is 0 Å². The lowest BCUT2D eigenvalue weighted by molar-refractivity contribution is 0.340. The molecule has 0 aliphatic carbocycles. The minimum absolute atomic E-state index is 0.610. The topological polar surface area (TPSA) is 21.3 Å². The molecule has 0 radical (unpaired) electrons. The predicted octanol–water partition coefficient (Wildman–Crippen LogP) is 5.31. The van der Waals surface area contributed by atoms with Gasteiger partial charge < -0.3 is 10.1 Å². The molecule has 2 rings (SSSR count). The summed E-state index contributed by atoms with van der Waals surface area (Å²) in [5, 5.41) is 4.72. The molecule has 2 aromatic carbocycles. The van der Waals surface area contributed by atoms with Crippen LogP contribution in [-0.4, -0.2) is 6.61 Å². The van der Waals surface area contributed by atoms with Crippen molar-refractivity contribution in [3.8, 4) is 5.75 Å². The first-order valence-corrected chi connectivity index (χ1v) is 7.27. The number of hydrogen-bond donors (Lipinski definition) is 1. The third kappa shape index (κ3) is 3.81. The molecule has 106 valence electrons. The number of rotatable bonds is 5. The van der Waals surface area contributed by atoms with E-state index in [1.54, 1.807) is 0 Å². The number of ether oxygens (including phenoxy) is 1. The van der Waals surface area contributed by atoms with E-state index in [0.717, 1.165) is 27.6 Å². The summed E-state index contributed by atoms with van der Waals surface area (Å²) < 4.78 is 5.42. The van der Waals surface area contributed by atoms with Crippen LogP contribution in [0.5, 0.6) is 5.75 Å². The molecule has 0 atom stereocenters. The molecular formula is C16H17Cl2NO. The monoisotopic (exact) mass is 309 g/mol. The molecule has 0 unspecified atom stereocenters. The van der Waals surface area contributed by atoms with Gasteiger partial charge in [0.15, 0.2) is 0 Å². The summed E-state index contributed by atoms with van der Waals surface area (Å²) in [7, 11) is 0. The van der Waals surface area contributed by atoms with Gasteiger partial charge in [0.25, 0.3) is 0 Å². The SMILES string of the molecule is CCOc1ccc(CNc2cc(Cl)ccc2C)cc1Cl. The molecular weight excluding hydrogens is 293 g/mol. The Morgan fingerprint density at radius 2 is 1.90 bits per heavy atom. The van der Waals surface area contributed by atoms with E-state index in [0.29, 0.717) is 18.2 Å². The Kier molecular flexibility index (Phi) is 5.16. The van der Waals surface area contributed by atoms with Gasteiger partial charge in [-0.25, -0.2) is 0 Å². The van der Waals surface area contributed by atoms with Crippen molar-refractivity contribution in [2.45, 2.75) is 20.4 Å². The van der Waals surface area contributed by atoms with Crippen LogP contribution >= 0.6 is 23.2 Å². The Morgan fingerprint density at radius 1 is 1.10 bits per heavy atom. The molecule has 0 heterocycles. The van der Waals surface area contributed by atoms with E-state index >= 15 is 0 Å². The number of nitrogens with one attached hydrogen (secondary N) is 1. The molecule has 0 saturated heterocycles. The molecule has 2 aromatic rings. The molecule has 0 fully saturated rings. The number of halogens is 2. The normalized spacial score (nSPS) is 10.4. The predicted molar refractivity (Wildman–Crippen MR) is 86.1 cm³/mol. The Labute approximate surface area is 129 Å². The molecule has 0 bridgehead atoms. The van der Waals surface area contributed by atoms with Crippen LogP contribution in [0.1, 0.15) is 18.1 Å². The Balaban J connectivity index is 2.07. The number of anilines is 1. The molecule has 0 amide bonds. The maximum absolute atomic E-state index is 6.17. The molecule has 0 saturated carbocycles. The van der Waals surface area contributed by atoms with E-state index < -0.39 is 0 Å². The van der Waals surface area contributed by atoms with E-state index in [1.165, 1.54) is 0 Å². The lowest BCUT2D eigenvalue weighted by Gasteiger charge is -2.11. The van der Waals surface area contributed by atoms with Gasteiger partial charge in [-0.3, -0.25) is 0 Å². The van der Waals surface area contributed by atoms with Crippen molar-refractivity contribution in [2.75, 3.05) is 11.9 Å². The highest BCUT2D eigenvalue weighted by atomic mass is 35.5. The number of aryl methyl sites for hydroxylation is 1. The fraction of sp³-hybridized carbons (Fsp3) is 0.250. The van der Waals surface area contributed by atoms with Gasteiger partial charge in [0.05, 0.1) is 11.6 Å². The van der Waals surface area contributed by atoms with E-state index in [1.807, 2.05) is 50.2 Å². The van der Waals surface area contributed by atoms with Crippen molar-refractivity contribution in [1.29, 1.82) is 0 Å². The fourth-order valence-electron chi connectivity index (χ4n) is 1.91. The smallest absolute Gasteiger partial charge is 0.137 e. The number of hydrogen-bond acceptors (Lipinski definition) is 2. The maximum atomic E-state index is 6.17. The summed E-state index contributed by atoms with van der Waals surface area (Å²) in [6.07, 6.45) is 0. The van der Waals surface area contributed by atoms with Crippen LogP contribution < -0.4 is 10.1 Å². The Hall–Kier alpha value is -1.38. The van der Waals surface area contributed by atoms with Crippen molar-refractivity contribution in [3.63, 3.8) is 0 Å². The summed E-state index contributed by atoms with van der Waals surface area (Å²) >= 11 is 12.2. The van der Waals surface area contributed by atoms with Crippen molar-refractivity contribution < 1.29 is 4.74 Å². The van der Waals surface area contributed by atoms with Gasteiger partial charge in [-0.2, -0.15) is 0 Å². The Morgan fingerprint density at radius 3 is 2.60 bits per heavy atom. The van der Waals surface area contributed by atoms with E-state index in [4.69, 9.17) is 27.9 Å². The highest BCUT2D eigenvalue weighted by Crippen LogP contribution is 2.26. The third-order valence-corrected chi connectivity index (χ3v) is 3.51. The van der Waals surface area contributed by atoms with E-state index in [9.17, 15) is 0 Å². The third-order valence-electron chi connectivity index (χ3n) is 2.98. The molecule has 2 nitrogen and oxygen atoms in total. The van der Waals surface area contributed by atoms with E-state index in [2.05, 4.69) is 5.32 Å². The van der Waals surface area contributed by atoms with E-state index in [-0.39, 0.29) is 0 Å². The second-order valence-corrected chi connectivity index (χ2v) is 5.35. The second kappa shape index (κ2) is 6.87. The van der Waals surface area contributed by atoms with Gasteiger partial charge in [-0.1, -0.05) is 35.3 Å². The quantitative estimate of drug-likeness (QED) is 0.807. The highest BCUT2D eigenvalue weighted by molar-refractivity contribution is 6.32. The van der Waals surface area contributed by atoms with Gasteiger partial charge in [0, 0.05) is 17.3 Å². The molecule has 4 heteroatoms. The highest BCUT2D eigenvalue weighted by Gasteiger charge is 2.04. The van der Waals surface area contributed by atoms with Gasteiger partial charge in [0.1, 0.15) is 5.75 Å². The van der Waals surface area contributed by atoms with Crippen molar-refractivity contribution in [2.24, 2.45) is 0 Å². The summed E-state index contributed by atoms with van der Waals surface area (Å²) in [6, 6.07) is 11.6. The molecule has 0 aliphatic rings. The van der Waals surface area contributed by atoms with Crippen LogP contribution in [-0.2, 0) is 6.54 Å². The fourth-order valence-corrected chi connectivity index (χ4v) is 2.34. The molecule has 1 N–H and O–H groups in total. The minimum Gasteiger partial charge on any atom is -0.492 e. The van der Waals surface area contributed by atoms with Crippen LogP contribution in [0.4, 0.5) is 5.69 Å². The largest absolute Gasteiger partial charge is 0.492 e. The Bertz CT molecular complexity index is 599. The van der Waals surface area contributed by atoms with Gasteiger partial charge in [-0.05, 0) is 49.2 Å². The first-order chi connectivity index (χ1) is 9.60. The molecule has 0 aliphatic heterocycles. The average molecular weight is 310 g/mol. The zero-order valence-corrected chi connectivity index (χ0v) is 13.1. The summed E-state index contributed by atoms with van der Waals surface area (Å²) in [6.45, 7) is 5.28. The molecule has 0 aromatic heterocycles. The summed E-state index contributed by atoms with van der Waals surface area (Å²) in [4.78, 5) is 0. The second-order valence-electron chi connectivity index (χ2n) is 4.51. The maximum Gasteiger partial charge on any atom is 0.137 e. The standard InChI is InChI=1S/C16H17Cl2NO/c1-3-20-16-7-5-12(8-14(16)18)10-19-15-9-13(17)6-4-11(15)2/h4-9,19H,3,10H2,1-2H3. The summed E-state index contributed by atoms with van der Waals surface area (Å²) in [5.74, 6) is 0.719. The first-order valence-electron chi connectivity index (χ1n) is 6.51. The zero-order valence-electron chi connectivity index (χ0n) is 11.5. The number of benzene rings is 2. The van der Waals surface area contributed by atoms with Crippen molar-refractivity contribution in [3.05, 3.63) is 57.6 Å². The van der Waals surface area contributed by atoms with Gasteiger partial charge >= 0.3 is 0 Å². The van der Waals surface area contributed by atoms with Crippen LogP contribution in [0.3, 0.4) is 0 Å².